The van der Waals surface area contributed by atoms with Gasteiger partial charge in [-0.05, 0) is 57.8 Å². The molecule has 1 amide bonds. The van der Waals surface area contributed by atoms with Gasteiger partial charge in [0.2, 0.25) is 5.91 Å². The van der Waals surface area contributed by atoms with Crippen molar-refractivity contribution in [2.75, 3.05) is 13.2 Å². The molecule has 400 valence electrons. The minimum Gasteiger partial charge on any atom is -0.394 e. The van der Waals surface area contributed by atoms with Crippen molar-refractivity contribution in [3.05, 3.63) is 36.5 Å². The van der Waals surface area contributed by atoms with Gasteiger partial charge in [0.15, 0.2) is 6.29 Å². The Bertz CT molecular complexity index is 1160. The standard InChI is InChI=1S/C59H111NO8/c1-3-5-7-9-11-13-15-17-19-21-23-24-25-26-27-28-29-30-31-32-34-36-38-40-42-44-46-48-53(62)52(51-67-59-58(66)57(65)56(64)54(50-61)68-59)60-55(63)49-47-45-43-41-39-37-35-33-22-20-18-16-14-12-10-8-6-4-2/h20,22,38,40,46,48,52-54,56-59,61-62,64-66H,3-19,21,23-37,39,41-45,47,49-51H2,1-2H3,(H,60,63)/b22-20-,40-38+,48-46+. The van der Waals surface area contributed by atoms with Crippen molar-refractivity contribution < 1.29 is 39.8 Å². The maximum absolute atomic E-state index is 13.0. The number of carbonyl (C=O) groups excluding carboxylic acids is 1. The van der Waals surface area contributed by atoms with Crippen molar-refractivity contribution in [2.45, 2.75) is 320 Å². The molecule has 0 saturated carbocycles. The first kappa shape index (κ1) is 64.4. The van der Waals surface area contributed by atoms with Crippen molar-refractivity contribution >= 4 is 5.91 Å². The Morgan fingerprint density at radius 1 is 0.485 bits per heavy atom. The van der Waals surface area contributed by atoms with Crippen LogP contribution in [0.15, 0.2) is 36.5 Å². The second-order valence-corrected chi connectivity index (χ2v) is 20.4. The second-order valence-electron chi connectivity index (χ2n) is 20.4. The van der Waals surface area contributed by atoms with Crippen LogP contribution in [0.5, 0.6) is 0 Å². The van der Waals surface area contributed by atoms with Crippen molar-refractivity contribution in [3.63, 3.8) is 0 Å². The third-order valence-electron chi connectivity index (χ3n) is 13.9. The Balaban J connectivity index is 2.24. The molecular weight excluding hydrogens is 851 g/mol. The first-order valence-electron chi connectivity index (χ1n) is 29.2. The zero-order chi connectivity index (χ0) is 49.4. The summed E-state index contributed by atoms with van der Waals surface area (Å²) in [5.74, 6) is -0.189. The number of hydrogen-bond donors (Lipinski definition) is 6. The number of rotatable bonds is 50. The van der Waals surface area contributed by atoms with Crippen LogP contribution in [0, 0.1) is 0 Å². The van der Waals surface area contributed by atoms with Gasteiger partial charge < -0.3 is 40.3 Å². The van der Waals surface area contributed by atoms with Crippen molar-refractivity contribution in [1.82, 2.24) is 5.32 Å². The Labute approximate surface area is 419 Å². The van der Waals surface area contributed by atoms with E-state index in [9.17, 15) is 30.3 Å². The van der Waals surface area contributed by atoms with E-state index in [2.05, 4.69) is 43.5 Å². The number of amides is 1. The van der Waals surface area contributed by atoms with Crippen molar-refractivity contribution in [3.8, 4) is 0 Å². The normalized spacial score (nSPS) is 19.8. The van der Waals surface area contributed by atoms with Gasteiger partial charge in [-0.1, -0.05) is 249 Å². The number of hydrogen-bond acceptors (Lipinski definition) is 8. The number of aliphatic hydroxyl groups is 5. The molecule has 0 aromatic heterocycles. The maximum atomic E-state index is 13.0. The van der Waals surface area contributed by atoms with Gasteiger partial charge in [0.25, 0.3) is 0 Å². The van der Waals surface area contributed by atoms with Gasteiger partial charge in [-0.15, -0.1) is 0 Å². The van der Waals surface area contributed by atoms with E-state index in [4.69, 9.17) is 9.47 Å². The molecule has 7 atom stereocenters. The number of allylic oxidation sites excluding steroid dienone is 5. The molecule has 9 heteroatoms. The fourth-order valence-electron chi connectivity index (χ4n) is 9.29. The third-order valence-corrected chi connectivity index (χ3v) is 13.9. The van der Waals surface area contributed by atoms with Gasteiger partial charge >= 0.3 is 0 Å². The number of aliphatic hydroxyl groups excluding tert-OH is 5. The molecule has 68 heavy (non-hydrogen) atoms. The second kappa shape index (κ2) is 49.0. The summed E-state index contributed by atoms with van der Waals surface area (Å²) in [4.78, 5) is 13.0. The van der Waals surface area contributed by atoms with Crippen LogP contribution in [-0.4, -0.2) is 87.5 Å². The van der Waals surface area contributed by atoms with Crippen LogP contribution in [0.25, 0.3) is 0 Å². The van der Waals surface area contributed by atoms with Gasteiger partial charge in [0, 0.05) is 6.42 Å². The number of nitrogens with one attached hydrogen (secondary N) is 1. The largest absolute Gasteiger partial charge is 0.394 e. The molecule has 7 unspecified atom stereocenters. The maximum Gasteiger partial charge on any atom is 0.220 e. The van der Waals surface area contributed by atoms with E-state index < -0.39 is 49.5 Å². The van der Waals surface area contributed by atoms with Gasteiger partial charge in [-0.25, -0.2) is 0 Å². The highest BCUT2D eigenvalue weighted by Gasteiger charge is 2.44. The lowest BCUT2D eigenvalue weighted by atomic mass is 9.99. The molecular formula is C59H111NO8. The van der Waals surface area contributed by atoms with E-state index in [1.807, 2.05) is 6.08 Å². The van der Waals surface area contributed by atoms with Gasteiger partial charge in [-0.2, -0.15) is 0 Å². The number of unbranched alkanes of at least 4 members (excludes halogenated alkanes) is 36. The molecule has 0 spiro atoms. The lowest BCUT2D eigenvalue weighted by Crippen LogP contribution is -2.60. The van der Waals surface area contributed by atoms with Gasteiger partial charge in [-0.3, -0.25) is 4.79 Å². The molecule has 1 aliphatic heterocycles. The van der Waals surface area contributed by atoms with Crippen LogP contribution in [0.4, 0.5) is 0 Å². The van der Waals surface area contributed by atoms with Gasteiger partial charge in [0.1, 0.15) is 24.4 Å². The van der Waals surface area contributed by atoms with E-state index in [0.29, 0.717) is 6.42 Å². The van der Waals surface area contributed by atoms with E-state index in [0.717, 1.165) is 51.4 Å². The van der Waals surface area contributed by atoms with Gasteiger partial charge in [0.05, 0.1) is 25.4 Å². The Kier molecular flexibility index (Phi) is 46.4. The van der Waals surface area contributed by atoms with E-state index in [1.54, 1.807) is 6.08 Å². The minimum absolute atomic E-state index is 0.189. The highest BCUT2D eigenvalue weighted by molar-refractivity contribution is 5.76. The fraction of sp³-hybridized carbons (Fsp3) is 0.881. The lowest BCUT2D eigenvalue weighted by molar-refractivity contribution is -0.302. The summed E-state index contributed by atoms with van der Waals surface area (Å²) in [6, 6.07) is -0.824. The summed E-state index contributed by atoms with van der Waals surface area (Å²) in [5.41, 5.74) is 0. The molecule has 6 N–H and O–H groups in total. The molecule has 1 fully saturated rings. The predicted octanol–water partition coefficient (Wildman–Crippen LogP) is 14.4. The molecule has 0 aliphatic carbocycles. The molecule has 1 heterocycles. The summed E-state index contributed by atoms with van der Waals surface area (Å²) in [6.07, 6.45) is 56.5. The van der Waals surface area contributed by atoms with E-state index in [-0.39, 0.29) is 12.5 Å². The van der Waals surface area contributed by atoms with Crippen molar-refractivity contribution in [2.24, 2.45) is 0 Å². The Morgan fingerprint density at radius 3 is 1.24 bits per heavy atom. The first-order chi connectivity index (χ1) is 33.3. The zero-order valence-corrected chi connectivity index (χ0v) is 44.4. The summed E-state index contributed by atoms with van der Waals surface area (Å²) < 4.78 is 11.3. The van der Waals surface area contributed by atoms with Crippen LogP contribution in [-0.2, 0) is 14.3 Å². The molecule has 0 bridgehead atoms. The zero-order valence-electron chi connectivity index (χ0n) is 44.4. The highest BCUT2D eigenvalue weighted by atomic mass is 16.7. The Hall–Kier alpha value is -1.59. The topological polar surface area (TPSA) is 149 Å². The average molecular weight is 963 g/mol. The average Bonchev–Trinajstić information content (AvgIpc) is 3.34. The molecule has 0 radical (unpaired) electrons. The summed E-state index contributed by atoms with van der Waals surface area (Å²) in [7, 11) is 0. The molecule has 1 rings (SSSR count). The van der Waals surface area contributed by atoms with Crippen LogP contribution >= 0.6 is 0 Å². The monoisotopic (exact) mass is 962 g/mol. The number of ether oxygens (including phenoxy) is 2. The van der Waals surface area contributed by atoms with Crippen LogP contribution in [0.3, 0.4) is 0 Å². The summed E-state index contributed by atoms with van der Waals surface area (Å²) in [6.45, 7) is 3.79. The summed E-state index contributed by atoms with van der Waals surface area (Å²) in [5, 5.41) is 54.5. The van der Waals surface area contributed by atoms with E-state index in [1.165, 1.54) is 205 Å². The SMILES string of the molecule is CCCCCCCCC/C=C\CCCCCCCCCC(=O)NC(COC1OC(CO)C(O)C(O)C1O)C(O)/C=C/CC/C=C/CCCCCCCCCCCCCCCCCCCCCCC. The van der Waals surface area contributed by atoms with Crippen LogP contribution < -0.4 is 5.32 Å². The molecule has 0 aromatic carbocycles. The highest BCUT2D eigenvalue weighted by Crippen LogP contribution is 2.23. The Morgan fingerprint density at radius 2 is 0.838 bits per heavy atom. The molecule has 9 nitrogen and oxygen atoms in total. The first-order valence-corrected chi connectivity index (χ1v) is 29.2. The number of carbonyl (C=O) groups is 1. The summed E-state index contributed by atoms with van der Waals surface area (Å²) >= 11 is 0. The third kappa shape index (κ3) is 38.1. The minimum atomic E-state index is -1.57. The quantitative estimate of drug-likeness (QED) is 0.0261. The fourth-order valence-corrected chi connectivity index (χ4v) is 9.29. The van der Waals surface area contributed by atoms with E-state index >= 15 is 0 Å². The van der Waals surface area contributed by atoms with Crippen LogP contribution in [0.2, 0.25) is 0 Å². The molecule has 1 saturated heterocycles. The smallest absolute Gasteiger partial charge is 0.220 e. The predicted molar refractivity (Wildman–Crippen MR) is 286 cm³/mol. The van der Waals surface area contributed by atoms with Crippen molar-refractivity contribution in [1.29, 1.82) is 0 Å². The molecule has 0 aromatic rings. The lowest BCUT2D eigenvalue weighted by Gasteiger charge is -2.40. The molecule has 1 aliphatic rings. The van der Waals surface area contributed by atoms with Crippen LogP contribution in [0.1, 0.15) is 277 Å².